The summed E-state index contributed by atoms with van der Waals surface area (Å²) in [4.78, 5) is 15.5. The molecule has 0 bridgehead atoms. The molecule has 2 aromatic heterocycles. The SMILES string of the molecule is Cc1ccc2nc(CNC(CCC(=O)O)Cc3ccccc3)cn2c1. The summed E-state index contributed by atoms with van der Waals surface area (Å²) in [5.41, 5.74) is 4.27. The molecule has 0 amide bonds. The molecule has 5 nitrogen and oxygen atoms in total. The molecule has 0 saturated heterocycles. The van der Waals surface area contributed by atoms with Crippen molar-refractivity contribution in [1.29, 1.82) is 0 Å². The third-order valence-corrected chi connectivity index (χ3v) is 4.25. The summed E-state index contributed by atoms with van der Waals surface area (Å²) in [5, 5.41) is 12.5. The van der Waals surface area contributed by atoms with Crippen LogP contribution in [0.5, 0.6) is 0 Å². The number of imidazole rings is 1. The number of hydrogen-bond acceptors (Lipinski definition) is 3. The maximum Gasteiger partial charge on any atom is 0.303 e. The minimum Gasteiger partial charge on any atom is -0.481 e. The van der Waals surface area contributed by atoms with Gasteiger partial charge in [0.15, 0.2) is 0 Å². The number of nitrogens with one attached hydrogen (secondary N) is 1. The normalized spacial score (nSPS) is 12.4. The highest BCUT2D eigenvalue weighted by molar-refractivity contribution is 5.66. The second-order valence-electron chi connectivity index (χ2n) is 6.40. The number of hydrogen-bond donors (Lipinski definition) is 2. The van der Waals surface area contributed by atoms with Crippen molar-refractivity contribution < 1.29 is 9.90 Å². The fourth-order valence-corrected chi connectivity index (χ4v) is 2.96. The van der Waals surface area contributed by atoms with Crippen molar-refractivity contribution in [3.63, 3.8) is 0 Å². The predicted octanol–water partition coefficient (Wildman–Crippen LogP) is 3.21. The number of aliphatic carboxylic acids is 1. The van der Waals surface area contributed by atoms with E-state index in [0.717, 1.165) is 17.8 Å². The fourth-order valence-electron chi connectivity index (χ4n) is 2.96. The van der Waals surface area contributed by atoms with Crippen molar-refractivity contribution in [2.45, 2.75) is 38.8 Å². The van der Waals surface area contributed by atoms with Crippen LogP contribution in [0.25, 0.3) is 5.65 Å². The van der Waals surface area contributed by atoms with Crippen molar-refractivity contribution >= 4 is 11.6 Å². The molecule has 0 aliphatic heterocycles. The summed E-state index contributed by atoms with van der Waals surface area (Å²) in [7, 11) is 0. The van der Waals surface area contributed by atoms with E-state index in [9.17, 15) is 4.79 Å². The van der Waals surface area contributed by atoms with E-state index in [1.807, 2.05) is 40.9 Å². The van der Waals surface area contributed by atoms with Gasteiger partial charge in [-0.3, -0.25) is 4.79 Å². The van der Waals surface area contributed by atoms with Gasteiger partial charge in [-0.2, -0.15) is 0 Å². The number of fused-ring (bicyclic) bond motifs is 1. The molecule has 0 fully saturated rings. The summed E-state index contributed by atoms with van der Waals surface area (Å²) < 4.78 is 2.02. The Morgan fingerprint density at radius 1 is 1.20 bits per heavy atom. The van der Waals surface area contributed by atoms with Crippen LogP contribution >= 0.6 is 0 Å². The monoisotopic (exact) mass is 337 g/mol. The predicted molar refractivity (Wildman–Crippen MR) is 97.6 cm³/mol. The lowest BCUT2D eigenvalue weighted by molar-refractivity contribution is -0.137. The number of aryl methyl sites for hydroxylation is 1. The molecule has 1 atom stereocenters. The number of nitrogens with zero attached hydrogens (tertiary/aromatic N) is 2. The highest BCUT2D eigenvalue weighted by atomic mass is 16.4. The molecular formula is C20H23N3O2. The molecule has 130 valence electrons. The van der Waals surface area contributed by atoms with E-state index < -0.39 is 5.97 Å². The first kappa shape index (κ1) is 17.2. The first-order chi connectivity index (χ1) is 12.1. The first-order valence-electron chi connectivity index (χ1n) is 8.53. The van der Waals surface area contributed by atoms with Gasteiger partial charge in [0.2, 0.25) is 0 Å². The highest BCUT2D eigenvalue weighted by Crippen LogP contribution is 2.11. The van der Waals surface area contributed by atoms with Gasteiger partial charge in [-0.05, 0) is 37.0 Å². The first-order valence-corrected chi connectivity index (χ1v) is 8.53. The quantitative estimate of drug-likeness (QED) is 0.662. The average Bonchev–Trinajstić information content (AvgIpc) is 3.00. The van der Waals surface area contributed by atoms with Crippen molar-refractivity contribution in [3.8, 4) is 0 Å². The van der Waals surface area contributed by atoms with Crippen molar-refractivity contribution in [2.24, 2.45) is 0 Å². The molecule has 1 unspecified atom stereocenters. The molecule has 0 radical (unpaired) electrons. The van der Waals surface area contributed by atoms with Crippen LogP contribution in [-0.2, 0) is 17.8 Å². The molecule has 2 N–H and O–H groups in total. The maximum atomic E-state index is 10.9. The lowest BCUT2D eigenvalue weighted by Gasteiger charge is -2.17. The van der Waals surface area contributed by atoms with E-state index in [2.05, 4.69) is 35.6 Å². The Balaban J connectivity index is 1.66. The number of carboxylic acids is 1. The van der Waals surface area contributed by atoms with E-state index in [0.29, 0.717) is 13.0 Å². The summed E-state index contributed by atoms with van der Waals surface area (Å²) in [6.45, 7) is 2.68. The molecule has 0 spiro atoms. The van der Waals surface area contributed by atoms with Gasteiger partial charge in [0.1, 0.15) is 5.65 Å². The lowest BCUT2D eigenvalue weighted by Crippen LogP contribution is -2.31. The van der Waals surface area contributed by atoms with E-state index in [1.54, 1.807) is 0 Å². The number of carboxylic acid groups (broad SMARTS) is 1. The molecule has 2 heterocycles. The van der Waals surface area contributed by atoms with Gasteiger partial charge in [-0.1, -0.05) is 36.4 Å². The van der Waals surface area contributed by atoms with Crippen LogP contribution in [0.1, 0.15) is 29.7 Å². The Labute approximate surface area is 147 Å². The number of benzene rings is 1. The Hall–Kier alpha value is -2.66. The lowest BCUT2D eigenvalue weighted by atomic mass is 10.0. The van der Waals surface area contributed by atoms with Gasteiger partial charge in [-0.25, -0.2) is 4.98 Å². The Morgan fingerprint density at radius 3 is 2.76 bits per heavy atom. The van der Waals surface area contributed by atoms with Crippen molar-refractivity contribution in [2.75, 3.05) is 0 Å². The second-order valence-corrected chi connectivity index (χ2v) is 6.40. The molecule has 0 aliphatic rings. The van der Waals surface area contributed by atoms with Crippen LogP contribution in [0.15, 0.2) is 54.9 Å². The van der Waals surface area contributed by atoms with E-state index in [1.165, 1.54) is 11.1 Å². The van der Waals surface area contributed by atoms with E-state index >= 15 is 0 Å². The minimum absolute atomic E-state index is 0.102. The van der Waals surface area contributed by atoms with Gasteiger partial charge in [0.05, 0.1) is 5.69 Å². The Kier molecular flexibility index (Phi) is 5.46. The van der Waals surface area contributed by atoms with Gasteiger partial charge in [0.25, 0.3) is 0 Å². The smallest absolute Gasteiger partial charge is 0.303 e. The highest BCUT2D eigenvalue weighted by Gasteiger charge is 2.12. The molecule has 5 heteroatoms. The summed E-state index contributed by atoms with van der Waals surface area (Å²) in [6.07, 6.45) is 5.63. The Bertz CT molecular complexity index is 843. The van der Waals surface area contributed by atoms with Crippen LogP contribution in [0.3, 0.4) is 0 Å². The van der Waals surface area contributed by atoms with Crippen LogP contribution < -0.4 is 5.32 Å². The number of rotatable bonds is 8. The van der Waals surface area contributed by atoms with Crippen LogP contribution in [-0.4, -0.2) is 26.5 Å². The number of carbonyl (C=O) groups is 1. The minimum atomic E-state index is -0.761. The molecule has 3 aromatic rings. The zero-order valence-corrected chi connectivity index (χ0v) is 14.4. The number of pyridine rings is 1. The molecule has 0 aliphatic carbocycles. The molecule has 0 saturated carbocycles. The van der Waals surface area contributed by atoms with Crippen LogP contribution in [0.4, 0.5) is 0 Å². The average molecular weight is 337 g/mol. The zero-order chi connectivity index (χ0) is 17.6. The molecule has 25 heavy (non-hydrogen) atoms. The Morgan fingerprint density at radius 2 is 2.00 bits per heavy atom. The maximum absolute atomic E-state index is 10.9. The number of aromatic nitrogens is 2. The van der Waals surface area contributed by atoms with Gasteiger partial charge in [0, 0.05) is 31.4 Å². The van der Waals surface area contributed by atoms with Gasteiger partial charge in [-0.15, -0.1) is 0 Å². The zero-order valence-electron chi connectivity index (χ0n) is 14.4. The largest absolute Gasteiger partial charge is 0.481 e. The van der Waals surface area contributed by atoms with Gasteiger partial charge >= 0.3 is 5.97 Å². The third-order valence-electron chi connectivity index (χ3n) is 4.25. The summed E-state index contributed by atoms with van der Waals surface area (Å²) in [5.74, 6) is -0.761. The molecule has 3 rings (SSSR count). The standard InChI is InChI=1S/C20H23N3O2/c1-15-7-9-19-22-18(14-23(19)13-15)12-21-17(8-10-20(24)25)11-16-5-3-2-4-6-16/h2-7,9,13-14,17,21H,8,10-12H2,1H3,(H,24,25). The van der Waals surface area contributed by atoms with Crippen LogP contribution in [0.2, 0.25) is 0 Å². The summed E-state index contributed by atoms with van der Waals surface area (Å²) >= 11 is 0. The van der Waals surface area contributed by atoms with Crippen molar-refractivity contribution in [1.82, 2.24) is 14.7 Å². The third kappa shape index (κ3) is 4.90. The topological polar surface area (TPSA) is 66.6 Å². The molecular weight excluding hydrogens is 314 g/mol. The van der Waals surface area contributed by atoms with Crippen molar-refractivity contribution in [3.05, 3.63) is 71.7 Å². The van der Waals surface area contributed by atoms with Crippen LogP contribution in [0, 0.1) is 6.92 Å². The second kappa shape index (κ2) is 7.94. The van der Waals surface area contributed by atoms with Gasteiger partial charge < -0.3 is 14.8 Å². The van der Waals surface area contributed by atoms with E-state index in [-0.39, 0.29) is 12.5 Å². The molecule has 1 aromatic carbocycles. The van der Waals surface area contributed by atoms with E-state index in [4.69, 9.17) is 5.11 Å². The fraction of sp³-hybridized carbons (Fsp3) is 0.300. The summed E-state index contributed by atoms with van der Waals surface area (Å²) in [6, 6.07) is 14.3.